The van der Waals surface area contributed by atoms with Crippen molar-refractivity contribution in [1.29, 1.82) is 0 Å². The lowest BCUT2D eigenvalue weighted by Crippen LogP contribution is -2.27. The van der Waals surface area contributed by atoms with E-state index in [0.29, 0.717) is 0 Å². The highest BCUT2D eigenvalue weighted by Gasteiger charge is 2.21. The van der Waals surface area contributed by atoms with E-state index in [4.69, 9.17) is 0 Å². The number of thiazole rings is 1. The van der Waals surface area contributed by atoms with Gasteiger partial charge in [0.05, 0.1) is 17.3 Å². The van der Waals surface area contributed by atoms with Crippen molar-refractivity contribution < 1.29 is 13.6 Å². The van der Waals surface area contributed by atoms with Crippen LogP contribution in [0.15, 0.2) is 23.6 Å². The lowest BCUT2D eigenvalue weighted by Gasteiger charge is -2.15. The predicted octanol–water partition coefficient (Wildman–Crippen LogP) is 4.21. The first-order valence-corrected chi connectivity index (χ1v) is 7.78. The standard InChI is InChI=1S/C16H18F2N2OS/c1-9(15-20-13(8-22-15)16(2,3)4)19-14(21)11-7-10(17)5-6-12(11)18/h5-9H,1-4H3,(H,19,21). The van der Waals surface area contributed by atoms with Gasteiger partial charge in [-0.1, -0.05) is 20.8 Å². The summed E-state index contributed by atoms with van der Waals surface area (Å²) in [4.78, 5) is 16.6. The van der Waals surface area contributed by atoms with E-state index < -0.39 is 17.5 Å². The Labute approximate surface area is 132 Å². The van der Waals surface area contributed by atoms with Gasteiger partial charge in [-0.05, 0) is 25.1 Å². The second kappa shape index (κ2) is 6.12. The van der Waals surface area contributed by atoms with E-state index in [1.54, 1.807) is 6.92 Å². The number of benzene rings is 1. The molecular formula is C16H18F2N2OS. The van der Waals surface area contributed by atoms with Gasteiger partial charge in [-0.2, -0.15) is 0 Å². The molecule has 1 heterocycles. The second-order valence-electron chi connectivity index (χ2n) is 6.14. The Morgan fingerprint density at radius 2 is 2.00 bits per heavy atom. The van der Waals surface area contributed by atoms with Crippen LogP contribution >= 0.6 is 11.3 Å². The summed E-state index contributed by atoms with van der Waals surface area (Å²) in [5, 5.41) is 5.32. The fraction of sp³-hybridized carbons (Fsp3) is 0.375. The van der Waals surface area contributed by atoms with Gasteiger partial charge in [0.2, 0.25) is 0 Å². The van der Waals surface area contributed by atoms with Crippen molar-refractivity contribution in [3.05, 3.63) is 51.5 Å². The molecule has 1 unspecified atom stereocenters. The molecule has 1 atom stereocenters. The van der Waals surface area contributed by atoms with Crippen LogP contribution in [0.25, 0.3) is 0 Å². The molecule has 2 aromatic rings. The molecule has 1 aromatic heterocycles. The molecule has 0 aliphatic rings. The van der Waals surface area contributed by atoms with Gasteiger partial charge in [0, 0.05) is 10.8 Å². The molecule has 0 aliphatic carbocycles. The summed E-state index contributed by atoms with van der Waals surface area (Å²) in [6.07, 6.45) is 0. The quantitative estimate of drug-likeness (QED) is 0.919. The number of aromatic nitrogens is 1. The molecule has 118 valence electrons. The van der Waals surface area contributed by atoms with Crippen LogP contribution in [0.5, 0.6) is 0 Å². The maximum Gasteiger partial charge on any atom is 0.254 e. The van der Waals surface area contributed by atoms with E-state index in [9.17, 15) is 13.6 Å². The first-order chi connectivity index (χ1) is 10.2. The van der Waals surface area contributed by atoms with Crippen molar-refractivity contribution in [3.8, 4) is 0 Å². The summed E-state index contributed by atoms with van der Waals surface area (Å²) in [7, 11) is 0. The fourth-order valence-corrected chi connectivity index (χ4v) is 2.89. The maximum atomic E-state index is 13.6. The van der Waals surface area contributed by atoms with Crippen LogP contribution in [0.2, 0.25) is 0 Å². The molecule has 0 aliphatic heterocycles. The molecule has 22 heavy (non-hydrogen) atoms. The lowest BCUT2D eigenvalue weighted by molar-refractivity contribution is 0.0935. The van der Waals surface area contributed by atoms with Gasteiger partial charge in [0.1, 0.15) is 16.6 Å². The second-order valence-corrected chi connectivity index (χ2v) is 7.03. The number of hydrogen-bond donors (Lipinski definition) is 1. The normalized spacial score (nSPS) is 13.0. The fourth-order valence-electron chi connectivity index (χ4n) is 1.84. The van der Waals surface area contributed by atoms with Crippen LogP contribution in [-0.4, -0.2) is 10.9 Å². The molecule has 0 spiro atoms. The van der Waals surface area contributed by atoms with Crippen molar-refractivity contribution in [2.75, 3.05) is 0 Å². The summed E-state index contributed by atoms with van der Waals surface area (Å²) in [6.45, 7) is 7.92. The van der Waals surface area contributed by atoms with Crippen LogP contribution in [-0.2, 0) is 5.41 Å². The summed E-state index contributed by atoms with van der Waals surface area (Å²) in [5.41, 5.74) is 0.553. The Morgan fingerprint density at radius 1 is 1.32 bits per heavy atom. The minimum atomic E-state index is -0.749. The van der Waals surface area contributed by atoms with E-state index in [0.717, 1.165) is 28.9 Å². The van der Waals surface area contributed by atoms with Crippen LogP contribution in [0.3, 0.4) is 0 Å². The highest BCUT2D eigenvalue weighted by molar-refractivity contribution is 7.09. The molecule has 0 saturated heterocycles. The molecular weight excluding hydrogens is 306 g/mol. The van der Waals surface area contributed by atoms with Crippen LogP contribution < -0.4 is 5.32 Å². The van der Waals surface area contributed by atoms with Crippen LogP contribution in [0, 0.1) is 11.6 Å². The smallest absolute Gasteiger partial charge is 0.254 e. The molecule has 1 aromatic carbocycles. The minimum absolute atomic E-state index is 0.0762. The number of carbonyl (C=O) groups excluding carboxylic acids is 1. The van der Waals surface area contributed by atoms with Gasteiger partial charge >= 0.3 is 0 Å². The third kappa shape index (κ3) is 3.68. The molecule has 6 heteroatoms. The number of carbonyl (C=O) groups is 1. The van der Waals surface area contributed by atoms with Gasteiger partial charge in [-0.15, -0.1) is 11.3 Å². The molecule has 0 fully saturated rings. The highest BCUT2D eigenvalue weighted by Crippen LogP contribution is 2.27. The van der Waals surface area contributed by atoms with Gasteiger partial charge in [0.25, 0.3) is 5.91 Å². The Morgan fingerprint density at radius 3 is 2.59 bits per heavy atom. The summed E-state index contributed by atoms with van der Waals surface area (Å²) >= 11 is 1.44. The van der Waals surface area contributed by atoms with Crippen molar-refractivity contribution in [2.24, 2.45) is 0 Å². The van der Waals surface area contributed by atoms with E-state index in [2.05, 4.69) is 31.1 Å². The molecule has 3 nitrogen and oxygen atoms in total. The zero-order valence-electron chi connectivity index (χ0n) is 12.9. The Kier molecular flexibility index (Phi) is 4.60. The van der Waals surface area contributed by atoms with E-state index in [1.807, 2.05) is 5.38 Å². The molecule has 0 radical (unpaired) electrons. The number of hydrogen-bond acceptors (Lipinski definition) is 3. The SMILES string of the molecule is CC(NC(=O)c1cc(F)ccc1F)c1nc(C(C)(C)C)cs1. The Bertz CT molecular complexity index is 692. The minimum Gasteiger partial charge on any atom is -0.343 e. The zero-order valence-corrected chi connectivity index (χ0v) is 13.7. The number of halogens is 2. The third-order valence-electron chi connectivity index (χ3n) is 3.18. The number of nitrogens with one attached hydrogen (secondary N) is 1. The summed E-state index contributed by atoms with van der Waals surface area (Å²) in [6, 6.07) is 2.43. The van der Waals surface area contributed by atoms with Gasteiger partial charge in [-0.3, -0.25) is 4.79 Å². The van der Waals surface area contributed by atoms with Crippen molar-refractivity contribution in [2.45, 2.75) is 39.2 Å². The third-order valence-corrected chi connectivity index (χ3v) is 4.21. The van der Waals surface area contributed by atoms with Crippen LogP contribution in [0.4, 0.5) is 8.78 Å². The van der Waals surface area contributed by atoms with Gasteiger partial charge in [-0.25, -0.2) is 13.8 Å². The molecule has 2 rings (SSSR count). The Hall–Kier alpha value is -1.82. The monoisotopic (exact) mass is 324 g/mol. The molecule has 1 N–H and O–H groups in total. The number of amides is 1. The van der Waals surface area contributed by atoms with Gasteiger partial charge < -0.3 is 5.32 Å². The number of rotatable bonds is 3. The van der Waals surface area contributed by atoms with Crippen molar-refractivity contribution >= 4 is 17.2 Å². The largest absolute Gasteiger partial charge is 0.343 e. The molecule has 1 amide bonds. The van der Waals surface area contributed by atoms with Crippen molar-refractivity contribution in [3.63, 3.8) is 0 Å². The van der Waals surface area contributed by atoms with Gasteiger partial charge in [0.15, 0.2) is 0 Å². The number of nitrogens with zero attached hydrogens (tertiary/aromatic N) is 1. The van der Waals surface area contributed by atoms with Crippen LogP contribution in [0.1, 0.15) is 54.8 Å². The van der Waals surface area contributed by atoms with E-state index >= 15 is 0 Å². The highest BCUT2D eigenvalue weighted by atomic mass is 32.1. The Balaban J connectivity index is 2.14. The van der Waals surface area contributed by atoms with E-state index in [1.165, 1.54) is 11.3 Å². The first-order valence-electron chi connectivity index (χ1n) is 6.90. The maximum absolute atomic E-state index is 13.6. The lowest BCUT2D eigenvalue weighted by atomic mass is 9.93. The average Bonchev–Trinajstić information content (AvgIpc) is 2.91. The first kappa shape index (κ1) is 16.5. The topological polar surface area (TPSA) is 42.0 Å². The summed E-state index contributed by atoms with van der Waals surface area (Å²) in [5.74, 6) is -2.05. The predicted molar refractivity (Wildman–Crippen MR) is 83.1 cm³/mol. The molecule has 0 bridgehead atoms. The summed E-state index contributed by atoms with van der Waals surface area (Å²) < 4.78 is 26.7. The zero-order chi connectivity index (χ0) is 16.5. The molecule has 0 saturated carbocycles. The van der Waals surface area contributed by atoms with E-state index in [-0.39, 0.29) is 17.0 Å². The van der Waals surface area contributed by atoms with Crippen molar-refractivity contribution in [1.82, 2.24) is 10.3 Å². The average molecular weight is 324 g/mol.